The van der Waals surface area contributed by atoms with Crippen LogP contribution < -0.4 is 25.6 Å². The molecule has 4 amide bonds. The predicted octanol–water partition coefficient (Wildman–Crippen LogP) is 1.22. The minimum absolute atomic E-state index is 0.0405. The first kappa shape index (κ1) is 17.1. The summed E-state index contributed by atoms with van der Waals surface area (Å²) in [6, 6.07) is 4.15. The van der Waals surface area contributed by atoms with E-state index in [0.29, 0.717) is 43.1 Å². The Morgan fingerprint density at radius 3 is 2.84 bits per heavy atom. The number of carbonyl (C=O) groups excluding carboxylic acids is 3. The van der Waals surface area contributed by atoms with Crippen LogP contribution in [0.25, 0.3) is 0 Å². The number of rotatable bonds is 4. The molecule has 8 heteroatoms. The largest absolute Gasteiger partial charge is 0.495 e. The number of ether oxygens (including phenoxy) is 1. The SMILES string of the molecule is COc1ccc(NC(=O)N[C@@H]2CCCNC2=O)cc1N1CCCC1=O. The number of hydrogen-bond acceptors (Lipinski definition) is 4. The number of amides is 4. The fraction of sp³-hybridized carbons (Fsp3) is 0.471. The second-order valence-corrected chi connectivity index (χ2v) is 6.12. The number of carbonyl (C=O) groups is 3. The van der Waals surface area contributed by atoms with E-state index in [1.54, 1.807) is 30.2 Å². The standard InChI is InChI=1S/C17H22N4O4/c1-25-14-7-6-11(10-13(14)21-9-3-5-15(21)22)19-17(24)20-12-4-2-8-18-16(12)23/h6-7,10,12H,2-5,8-9H2,1H3,(H,18,23)(H2,19,20,24)/t12-/m1/s1. The molecule has 134 valence electrons. The van der Waals surface area contributed by atoms with Gasteiger partial charge < -0.3 is 25.6 Å². The Balaban J connectivity index is 1.70. The average molecular weight is 346 g/mol. The van der Waals surface area contributed by atoms with Crippen molar-refractivity contribution in [2.24, 2.45) is 0 Å². The van der Waals surface area contributed by atoms with Gasteiger partial charge in [0.1, 0.15) is 11.8 Å². The van der Waals surface area contributed by atoms with Crippen LogP contribution in [0.3, 0.4) is 0 Å². The Kier molecular flexibility index (Phi) is 5.06. The van der Waals surface area contributed by atoms with Crippen molar-refractivity contribution in [2.75, 3.05) is 30.4 Å². The van der Waals surface area contributed by atoms with Crippen molar-refractivity contribution in [3.8, 4) is 5.75 Å². The smallest absolute Gasteiger partial charge is 0.319 e. The molecule has 3 rings (SSSR count). The van der Waals surface area contributed by atoms with Gasteiger partial charge >= 0.3 is 6.03 Å². The maximum Gasteiger partial charge on any atom is 0.319 e. The van der Waals surface area contributed by atoms with E-state index in [1.807, 2.05) is 0 Å². The highest BCUT2D eigenvalue weighted by Gasteiger charge is 2.26. The van der Waals surface area contributed by atoms with Gasteiger partial charge in [-0.15, -0.1) is 0 Å². The lowest BCUT2D eigenvalue weighted by Gasteiger charge is -2.23. The molecule has 1 aromatic carbocycles. The Morgan fingerprint density at radius 2 is 2.16 bits per heavy atom. The molecule has 3 N–H and O–H groups in total. The first-order valence-corrected chi connectivity index (χ1v) is 8.42. The van der Waals surface area contributed by atoms with Gasteiger partial charge in [0.15, 0.2) is 0 Å². The zero-order valence-electron chi connectivity index (χ0n) is 14.1. The number of anilines is 2. The van der Waals surface area contributed by atoms with Crippen molar-refractivity contribution in [1.29, 1.82) is 0 Å². The van der Waals surface area contributed by atoms with Crippen molar-refractivity contribution in [1.82, 2.24) is 10.6 Å². The fourth-order valence-electron chi connectivity index (χ4n) is 3.12. The number of benzene rings is 1. The lowest BCUT2D eigenvalue weighted by Crippen LogP contribution is -2.51. The van der Waals surface area contributed by atoms with E-state index < -0.39 is 12.1 Å². The molecule has 0 bridgehead atoms. The third-order valence-electron chi connectivity index (χ3n) is 4.39. The summed E-state index contributed by atoms with van der Waals surface area (Å²) in [7, 11) is 1.54. The van der Waals surface area contributed by atoms with Crippen LogP contribution in [0.4, 0.5) is 16.2 Å². The molecule has 2 heterocycles. The second-order valence-electron chi connectivity index (χ2n) is 6.12. The topological polar surface area (TPSA) is 99.8 Å². The highest BCUT2D eigenvalue weighted by atomic mass is 16.5. The predicted molar refractivity (Wildman–Crippen MR) is 92.8 cm³/mol. The fourth-order valence-corrected chi connectivity index (χ4v) is 3.12. The maximum atomic E-state index is 12.2. The van der Waals surface area contributed by atoms with E-state index in [0.717, 1.165) is 12.8 Å². The molecule has 2 saturated heterocycles. The van der Waals surface area contributed by atoms with Crippen molar-refractivity contribution in [3.63, 3.8) is 0 Å². The Hall–Kier alpha value is -2.77. The van der Waals surface area contributed by atoms with E-state index in [2.05, 4.69) is 16.0 Å². The molecule has 0 unspecified atom stereocenters. The summed E-state index contributed by atoms with van der Waals surface area (Å²) >= 11 is 0. The Morgan fingerprint density at radius 1 is 1.32 bits per heavy atom. The third-order valence-corrected chi connectivity index (χ3v) is 4.39. The second kappa shape index (κ2) is 7.42. The number of urea groups is 1. The monoisotopic (exact) mass is 346 g/mol. The van der Waals surface area contributed by atoms with Crippen LogP contribution in [-0.2, 0) is 9.59 Å². The normalized spacial score (nSPS) is 20.2. The van der Waals surface area contributed by atoms with Crippen LogP contribution in [-0.4, -0.2) is 44.1 Å². The third kappa shape index (κ3) is 3.84. The highest BCUT2D eigenvalue weighted by Crippen LogP contribution is 2.33. The van der Waals surface area contributed by atoms with E-state index >= 15 is 0 Å². The first-order valence-electron chi connectivity index (χ1n) is 8.42. The van der Waals surface area contributed by atoms with Crippen molar-refractivity contribution >= 4 is 29.2 Å². The number of nitrogens with one attached hydrogen (secondary N) is 3. The highest BCUT2D eigenvalue weighted by molar-refractivity contribution is 5.99. The summed E-state index contributed by atoms with van der Waals surface area (Å²) in [5, 5.41) is 8.11. The molecule has 0 radical (unpaired) electrons. The number of piperidine rings is 1. The summed E-state index contributed by atoms with van der Waals surface area (Å²) in [6.07, 6.45) is 2.77. The van der Waals surface area contributed by atoms with E-state index in [-0.39, 0.29) is 11.8 Å². The van der Waals surface area contributed by atoms with Crippen LogP contribution in [0.1, 0.15) is 25.7 Å². The first-order chi connectivity index (χ1) is 12.1. The minimum Gasteiger partial charge on any atom is -0.495 e. The molecule has 1 atom stereocenters. The molecule has 0 saturated carbocycles. The van der Waals surface area contributed by atoms with E-state index in [9.17, 15) is 14.4 Å². The molecule has 0 aromatic heterocycles. The molecule has 1 aromatic rings. The summed E-state index contributed by atoms with van der Waals surface area (Å²) < 4.78 is 5.33. The lowest BCUT2D eigenvalue weighted by molar-refractivity contribution is -0.124. The number of hydrogen-bond donors (Lipinski definition) is 3. The van der Waals surface area contributed by atoms with Gasteiger partial charge in [-0.1, -0.05) is 0 Å². The molecule has 2 aliphatic heterocycles. The van der Waals surface area contributed by atoms with Crippen LogP contribution in [0.2, 0.25) is 0 Å². The van der Waals surface area contributed by atoms with Crippen molar-refractivity contribution < 1.29 is 19.1 Å². The lowest BCUT2D eigenvalue weighted by atomic mass is 10.1. The zero-order valence-corrected chi connectivity index (χ0v) is 14.1. The van der Waals surface area contributed by atoms with Gasteiger partial charge in [0.2, 0.25) is 11.8 Å². The Labute approximate surface area is 145 Å². The van der Waals surface area contributed by atoms with Crippen molar-refractivity contribution in [2.45, 2.75) is 31.7 Å². The van der Waals surface area contributed by atoms with Gasteiger partial charge in [0, 0.05) is 25.2 Å². The molecular formula is C17H22N4O4. The summed E-state index contributed by atoms with van der Waals surface area (Å²) in [6.45, 7) is 1.28. The summed E-state index contributed by atoms with van der Waals surface area (Å²) in [4.78, 5) is 37.5. The van der Waals surface area contributed by atoms with Gasteiger partial charge in [0.05, 0.1) is 12.8 Å². The maximum absolute atomic E-state index is 12.2. The molecule has 2 aliphatic rings. The number of methoxy groups -OCH3 is 1. The molecular weight excluding hydrogens is 324 g/mol. The van der Waals surface area contributed by atoms with E-state index in [1.165, 1.54) is 0 Å². The van der Waals surface area contributed by atoms with Gasteiger partial charge in [0.25, 0.3) is 0 Å². The Bertz CT molecular complexity index is 691. The molecule has 8 nitrogen and oxygen atoms in total. The van der Waals surface area contributed by atoms with Crippen molar-refractivity contribution in [3.05, 3.63) is 18.2 Å². The van der Waals surface area contributed by atoms with E-state index in [4.69, 9.17) is 4.74 Å². The summed E-state index contributed by atoms with van der Waals surface area (Å²) in [5.74, 6) is 0.450. The quantitative estimate of drug-likeness (QED) is 0.763. The molecule has 0 spiro atoms. The van der Waals surface area contributed by atoms with Crippen LogP contribution in [0, 0.1) is 0 Å². The molecule has 2 fully saturated rings. The van der Waals surface area contributed by atoms with Crippen LogP contribution in [0.5, 0.6) is 5.75 Å². The zero-order chi connectivity index (χ0) is 17.8. The van der Waals surface area contributed by atoms with Crippen LogP contribution >= 0.6 is 0 Å². The summed E-state index contributed by atoms with van der Waals surface area (Å²) in [5.41, 5.74) is 1.17. The minimum atomic E-state index is -0.522. The van der Waals surface area contributed by atoms with Gasteiger partial charge in [-0.2, -0.15) is 0 Å². The average Bonchev–Trinajstić information content (AvgIpc) is 3.03. The van der Waals surface area contributed by atoms with Crippen LogP contribution in [0.15, 0.2) is 18.2 Å². The van der Waals surface area contributed by atoms with Gasteiger partial charge in [-0.25, -0.2) is 4.79 Å². The van der Waals surface area contributed by atoms with Gasteiger partial charge in [-0.3, -0.25) is 9.59 Å². The van der Waals surface area contributed by atoms with Gasteiger partial charge in [-0.05, 0) is 37.5 Å². The number of nitrogens with zero attached hydrogens (tertiary/aromatic N) is 1. The molecule has 0 aliphatic carbocycles. The molecule has 25 heavy (non-hydrogen) atoms.